The number of likely N-dealkylation sites (N-methyl/N-ethyl adjacent to an activating group) is 1. The zero-order valence-corrected chi connectivity index (χ0v) is 9.59. The average molecular weight is 200 g/mol. The number of rotatable bonds is 6. The topological polar surface area (TPSA) is 24.5 Å². The molecule has 0 spiro atoms. The van der Waals surface area contributed by atoms with Gasteiger partial charge in [0.2, 0.25) is 0 Å². The third-order valence-corrected chi connectivity index (χ3v) is 2.85. The van der Waals surface area contributed by atoms with E-state index in [9.17, 15) is 0 Å². The molecule has 0 aromatic rings. The van der Waals surface area contributed by atoms with Crippen LogP contribution in [0, 0.1) is 5.92 Å². The lowest BCUT2D eigenvalue weighted by Gasteiger charge is -2.27. The van der Waals surface area contributed by atoms with Crippen LogP contribution in [0.5, 0.6) is 0 Å². The SMILES string of the molecule is CCOCCN(C)CC1CCNCC1. The molecule has 1 fully saturated rings. The molecular weight excluding hydrogens is 176 g/mol. The molecule has 1 heterocycles. The second-order valence-electron chi connectivity index (χ2n) is 4.15. The van der Waals surface area contributed by atoms with E-state index in [0.29, 0.717) is 0 Å². The van der Waals surface area contributed by atoms with Gasteiger partial charge < -0.3 is 15.0 Å². The van der Waals surface area contributed by atoms with Crippen molar-refractivity contribution in [1.29, 1.82) is 0 Å². The van der Waals surface area contributed by atoms with Crippen molar-refractivity contribution in [2.75, 3.05) is 46.4 Å². The van der Waals surface area contributed by atoms with Gasteiger partial charge in [-0.15, -0.1) is 0 Å². The van der Waals surface area contributed by atoms with Gasteiger partial charge in [-0.2, -0.15) is 0 Å². The molecule has 1 rings (SSSR count). The minimum Gasteiger partial charge on any atom is -0.380 e. The minimum atomic E-state index is 0.835. The molecule has 0 aromatic heterocycles. The fraction of sp³-hybridized carbons (Fsp3) is 1.00. The van der Waals surface area contributed by atoms with Crippen molar-refractivity contribution in [2.45, 2.75) is 19.8 Å². The van der Waals surface area contributed by atoms with Crippen LogP contribution in [-0.2, 0) is 4.74 Å². The Kier molecular flexibility index (Phi) is 6.15. The Labute approximate surface area is 87.8 Å². The van der Waals surface area contributed by atoms with Crippen LogP contribution >= 0.6 is 0 Å². The maximum absolute atomic E-state index is 5.34. The number of nitrogens with zero attached hydrogens (tertiary/aromatic N) is 1. The summed E-state index contributed by atoms with van der Waals surface area (Å²) in [4.78, 5) is 2.39. The van der Waals surface area contributed by atoms with E-state index >= 15 is 0 Å². The van der Waals surface area contributed by atoms with Crippen LogP contribution in [-0.4, -0.2) is 51.3 Å². The zero-order valence-electron chi connectivity index (χ0n) is 9.59. The van der Waals surface area contributed by atoms with Crippen molar-refractivity contribution in [1.82, 2.24) is 10.2 Å². The van der Waals surface area contributed by atoms with Crippen molar-refractivity contribution in [3.8, 4) is 0 Å². The molecule has 0 saturated carbocycles. The Bertz CT molecular complexity index is 135. The molecule has 0 radical (unpaired) electrons. The van der Waals surface area contributed by atoms with E-state index in [1.165, 1.54) is 32.5 Å². The Balaban J connectivity index is 2.03. The third kappa shape index (κ3) is 4.94. The summed E-state index contributed by atoms with van der Waals surface area (Å²) in [7, 11) is 2.20. The van der Waals surface area contributed by atoms with E-state index in [2.05, 4.69) is 17.3 Å². The fourth-order valence-electron chi connectivity index (χ4n) is 1.96. The van der Waals surface area contributed by atoms with E-state index in [1.807, 2.05) is 6.92 Å². The molecule has 84 valence electrons. The van der Waals surface area contributed by atoms with Crippen LogP contribution in [0.15, 0.2) is 0 Å². The van der Waals surface area contributed by atoms with Gasteiger partial charge in [-0.25, -0.2) is 0 Å². The molecule has 1 N–H and O–H groups in total. The zero-order chi connectivity index (χ0) is 10.2. The first-order valence-corrected chi connectivity index (χ1v) is 5.80. The highest BCUT2D eigenvalue weighted by molar-refractivity contribution is 4.71. The summed E-state index contributed by atoms with van der Waals surface area (Å²) in [6, 6.07) is 0. The Morgan fingerprint density at radius 1 is 1.36 bits per heavy atom. The summed E-state index contributed by atoms with van der Waals surface area (Å²) in [6.07, 6.45) is 2.66. The summed E-state index contributed by atoms with van der Waals surface area (Å²) in [6.45, 7) is 8.45. The number of ether oxygens (including phenoxy) is 1. The standard InChI is InChI=1S/C11H24N2O/c1-3-14-9-8-13(2)10-11-4-6-12-7-5-11/h11-12H,3-10H2,1-2H3. The molecule has 0 amide bonds. The quantitative estimate of drug-likeness (QED) is 0.646. The van der Waals surface area contributed by atoms with Gasteiger partial charge in [0.05, 0.1) is 6.61 Å². The molecule has 0 aromatic carbocycles. The van der Waals surface area contributed by atoms with E-state index < -0.39 is 0 Å². The maximum Gasteiger partial charge on any atom is 0.0593 e. The van der Waals surface area contributed by atoms with Gasteiger partial charge in [0.15, 0.2) is 0 Å². The molecule has 3 nitrogen and oxygen atoms in total. The van der Waals surface area contributed by atoms with Gasteiger partial charge in [0.1, 0.15) is 0 Å². The lowest BCUT2D eigenvalue weighted by molar-refractivity contribution is 0.114. The van der Waals surface area contributed by atoms with Crippen LogP contribution in [0.4, 0.5) is 0 Å². The molecular formula is C11H24N2O. The second kappa shape index (κ2) is 7.21. The van der Waals surface area contributed by atoms with Gasteiger partial charge >= 0.3 is 0 Å². The summed E-state index contributed by atoms with van der Waals surface area (Å²) >= 11 is 0. The highest BCUT2D eigenvalue weighted by atomic mass is 16.5. The van der Waals surface area contributed by atoms with E-state index in [4.69, 9.17) is 4.74 Å². The summed E-state index contributed by atoms with van der Waals surface area (Å²) in [5, 5.41) is 3.40. The number of piperidine rings is 1. The van der Waals surface area contributed by atoms with Gasteiger partial charge in [-0.1, -0.05) is 0 Å². The summed E-state index contributed by atoms with van der Waals surface area (Å²) in [5.74, 6) is 0.892. The monoisotopic (exact) mass is 200 g/mol. The number of nitrogens with one attached hydrogen (secondary N) is 1. The Morgan fingerprint density at radius 3 is 2.71 bits per heavy atom. The van der Waals surface area contributed by atoms with Crippen molar-refractivity contribution in [3.05, 3.63) is 0 Å². The van der Waals surface area contributed by atoms with Crippen molar-refractivity contribution < 1.29 is 4.74 Å². The van der Waals surface area contributed by atoms with E-state index in [0.717, 1.165) is 25.7 Å². The maximum atomic E-state index is 5.34. The molecule has 0 atom stereocenters. The van der Waals surface area contributed by atoms with Crippen molar-refractivity contribution >= 4 is 0 Å². The molecule has 3 heteroatoms. The van der Waals surface area contributed by atoms with Crippen molar-refractivity contribution in [2.24, 2.45) is 5.92 Å². The highest BCUT2D eigenvalue weighted by Crippen LogP contribution is 2.12. The van der Waals surface area contributed by atoms with Crippen molar-refractivity contribution in [3.63, 3.8) is 0 Å². The lowest BCUT2D eigenvalue weighted by atomic mass is 9.98. The predicted octanol–water partition coefficient (Wildman–Crippen LogP) is 0.954. The van der Waals surface area contributed by atoms with Gasteiger partial charge in [0, 0.05) is 19.7 Å². The molecule has 0 bridgehead atoms. The normalized spacial score (nSPS) is 19.1. The van der Waals surface area contributed by atoms with Crippen LogP contribution in [0.2, 0.25) is 0 Å². The summed E-state index contributed by atoms with van der Waals surface area (Å²) in [5.41, 5.74) is 0. The third-order valence-electron chi connectivity index (χ3n) is 2.85. The van der Waals surface area contributed by atoms with Crippen LogP contribution in [0.25, 0.3) is 0 Å². The first-order valence-electron chi connectivity index (χ1n) is 5.80. The molecule has 14 heavy (non-hydrogen) atoms. The van der Waals surface area contributed by atoms with Gasteiger partial charge in [-0.05, 0) is 45.8 Å². The Hall–Kier alpha value is -0.120. The largest absolute Gasteiger partial charge is 0.380 e. The van der Waals surface area contributed by atoms with Crippen LogP contribution < -0.4 is 5.32 Å². The number of hydrogen-bond acceptors (Lipinski definition) is 3. The van der Waals surface area contributed by atoms with Gasteiger partial charge in [-0.3, -0.25) is 0 Å². The minimum absolute atomic E-state index is 0.835. The molecule has 0 unspecified atom stereocenters. The smallest absolute Gasteiger partial charge is 0.0593 e. The van der Waals surface area contributed by atoms with Crippen LogP contribution in [0.3, 0.4) is 0 Å². The highest BCUT2D eigenvalue weighted by Gasteiger charge is 2.14. The predicted molar refractivity (Wildman–Crippen MR) is 59.6 cm³/mol. The first kappa shape index (κ1) is 12.0. The molecule has 1 aliphatic heterocycles. The summed E-state index contributed by atoms with van der Waals surface area (Å²) < 4.78 is 5.34. The molecule has 1 aliphatic rings. The van der Waals surface area contributed by atoms with Gasteiger partial charge in [0.25, 0.3) is 0 Å². The molecule has 0 aliphatic carbocycles. The first-order chi connectivity index (χ1) is 6.83. The van der Waals surface area contributed by atoms with Crippen LogP contribution in [0.1, 0.15) is 19.8 Å². The lowest BCUT2D eigenvalue weighted by Crippen LogP contribution is -2.35. The second-order valence-corrected chi connectivity index (χ2v) is 4.15. The van der Waals surface area contributed by atoms with E-state index in [1.54, 1.807) is 0 Å². The fourth-order valence-corrected chi connectivity index (χ4v) is 1.96. The molecule has 1 saturated heterocycles. The average Bonchev–Trinajstić information content (AvgIpc) is 2.20. The number of hydrogen-bond donors (Lipinski definition) is 1. The van der Waals surface area contributed by atoms with E-state index in [-0.39, 0.29) is 0 Å². The Morgan fingerprint density at radius 2 is 2.07 bits per heavy atom.